The largest absolute Gasteiger partial charge is 0.497 e. The maximum absolute atomic E-state index is 13.5. The molecule has 148 valence electrons. The molecule has 3 amide bonds. The molecule has 0 spiro atoms. The third-order valence-electron chi connectivity index (χ3n) is 4.62. The summed E-state index contributed by atoms with van der Waals surface area (Å²) in [6.07, 6.45) is 0.456. The molecular formula is C20H22FN3O4. The SMILES string of the molecule is COc1ccc(OC)c(NC(=O)N[C@H]2CCN(c3ccc(F)c(C)c3)C2=O)c1. The monoisotopic (exact) mass is 387 g/mol. The van der Waals surface area contributed by atoms with Crippen LogP contribution >= 0.6 is 0 Å². The minimum absolute atomic E-state index is 0.237. The van der Waals surface area contributed by atoms with E-state index < -0.39 is 12.1 Å². The summed E-state index contributed by atoms with van der Waals surface area (Å²) in [5.41, 5.74) is 1.50. The molecule has 0 aromatic heterocycles. The number of rotatable bonds is 5. The normalized spacial score (nSPS) is 16.1. The zero-order valence-corrected chi connectivity index (χ0v) is 15.9. The number of methoxy groups -OCH3 is 2. The Labute approximate surface area is 162 Å². The molecule has 0 aliphatic carbocycles. The molecule has 8 heteroatoms. The lowest BCUT2D eigenvalue weighted by atomic mass is 10.2. The van der Waals surface area contributed by atoms with E-state index in [0.717, 1.165) is 0 Å². The highest BCUT2D eigenvalue weighted by atomic mass is 19.1. The summed E-state index contributed by atoms with van der Waals surface area (Å²) in [4.78, 5) is 26.6. The lowest BCUT2D eigenvalue weighted by Crippen LogP contribution is -2.43. The van der Waals surface area contributed by atoms with Crippen LogP contribution in [-0.2, 0) is 4.79 Å². The van der Waals surface area contributed by atoms with Crippen molar-refractivity contribution >= 4 is 23.3 Å². The number of nitrogens with one attached hydrogen (secondary N) is 2. The van der Waals surface area contributed by atoms with E-state index in [4.69, 9.17) is 9.47 Å². The topological polar surface area (TPSA) is 79.9 Å². The molecule has 1 heterocycles. The Morgan fingerprint density at radius 3 is 2.64 bits per heavy atom. The van der Waals surface area contributed by atoms with E-state index in [2.05, 4.69) is 10.6 Å². The van der Waals surface area contributed by atoms with E-state index >= 15 is 0 Å². The van der Waals surface area contributed by atoms with E-state index in [9.17, 15) is 14.0 Å². The molecule has 28 heavy (non-hydrogen) atoms. The van der Waals surface area contributed by atoms with Crippen LogP contribution in [0, 0.1) is 12.7 Å². The molecule has 0 radical (unpaired) electrons. The second-order valence-electron chi connectivity index (χ2n) is 6.43. The van der Waals surface area contributed by atoms with Crippen LogP contribution in [0.3, 0.4) is 0 Å². The van der Waals surface area contributed by atoms with Crippen LogP contribution in [0.15, 0.2) is 36.4 Å². The number of carbonyl (C=O) groups is 2. The van der Waals surface area contributed by atoms with Crippen LogP contribution in [0.1, 0.15) is 12.0 Å². The number of hydrogen-bond donors (Lipinski definition) is 2. The first-order chi connectivity index (χ1) is 13.4. The summed E-state index contributed by atoms with van der Waals surface area (Å²) in [5, 5.41) is 5.36. The number of ether oxygens (including phenoxy) is 2. The summed E-state index contributed by atoms with van der Waals surface area (Å²) < 4.78 is 23.8. The highest BCUT2D eigenvalue weighted by Crippen LogP contribution is 2.29. The molecule has 1 saturated heterocycles. The van der Waals surface area contributed by atoms with Gasteiger partial charge in [-0.3, -0.25) is 4.79 Å². The Hall–Kier alpha value is -3.29. The van der Waals surface area contributed by atoms with E-state index in [0.29, 0.717) is 41.4 Å². The summed E-state index contributed by atoms with van der Waals surface area (Å²) in [7, 11) is 3.02. The summed E-state index contributed by atoms with van der Waals surface area (Å²) in [5.74, 6) is 0.471. The summed E-state index contributed by atoms with van der Waals surface area (Å²) in [6.45, 7) is 2.08. The molecular weight excluding hydrogens is 365 g/mol. The first kappa shape index (κ1) is 19.5. The standard InChI is InChI=1S/C20H22FN3O4/c1-12-10-13(4-6-15(12)21)24-9-8-16(19(24)25)22-20(26)23-17-11-14(27-2)5-7-18(17)28-3/h4-7,10-11,16H,8-9H2,1-3H3,(H2,22,23,26)/t16-/m0/s1. The van der Waals surface area contributed by atoms with Crippen LogP contribution in [-0.4, -0.2) is 38.7 Å². The van der Waals surface area contributed by atoms with Gasteiger partial charge in [-0.25, -0.2) is 9.18 Å². The lowest BCUT2D eigenvalue weighted by molar-refractivity contribution is -0.118. The third-order valence-corrected chi connectivity index (χ3v) is 4.62. The molecule has 3 rings (SSSR count). The number of hydrogen-bond acceptors (Lipinski definition) is 4. The zero-order valence-electron chi connectivity index (χ0n) is 15.9. The molecule has 0 saturated carbocycles. The molecule has 0 unspecified atom stereocenters. The highest BCUT2D eigenvalue weighted by Gasteiger charge is 2.34. The Balaban J connectivity index is 1.67. The number of amides is 3. The number of benzene rings is 2. The maximum atomic E-state index is 13.5. The van der Waals surface area contributed by atoms with Crippen molar-refractivity contribution in [2.45, 2.75) is 19.4 Å². The number of halogens is 1. The van der Waals surface area contributed by atoms with E-state index in [-0.39, 0.29) is 11.7 Å². The molecule has 2 N–H and O–H groups in total. The minimum Gasteiger partial charge on any atom is -0.497 e. The zero-order chi connectivity index (χ0) is 20.3. The van der Waals surface area contributed by atoms with Gasteiger partial charge in [0, 0.05) is 18.3 Å². The van der Waals surface area contributed by atoms with Crippen LogP contribution in [0.4, 0.5) is 20.6 Å². The van der Waals surface area contributed by atoms with E-state index in [1.165, 1.54) is 20.3 Å². The van der Waals surface area contributed by atoms with Crippen LogP contribution in [0.5, 0.6) is 11.5 Å². The van der Waals surface area contributed by atoms with Gasteiger partial charge in [-0.15, -0.1) is 0 Å². The van der Waals surface area contributed by atoms with Gasteiger partial charge in [0.2, 0.25) is 5.91 Å². The maximum Gasteiger partial charge on any atom is 0.319 e. The fraction of sp³-hybridized carbons (Fsp3) is 0.300. The molecule has 2 aromatic carbocycles. The molecule has 7 nitrogen and oxygen atoms in total. The van der Waals surface area contributed by atoms with E-state index in [1.807, 2.05) is 0 Å². The van der Waals surface area contributed by atoms with Crippen LogP contribution < -0.4 is 25.0 Å². The van der Waals surface area contributed by atoms with Gasteiger partial charge in [0.25, 0.3) is 0 Å². The molecule has 1 atom stereocenters. The highest BCUT2D eigenvalue weighted by molar-refractivity contribution is 6.02. The number of urea groups is 1. The molecule has 1 aliphatic rings. The van der Waals surface area contributed by atoms with Gasteiger partial charge in [0.1, 0.15) is 23.4 Å². The van der Waals surface area contributed by atoms with Crippen LogP contribution in [0.2, 0.25) is 0 Å². The van der Waals surface area contributed by atoms with Gasteiger partial charge in [0.05, 0.1) is 19.9 Å². The second kappa shape index (κ2) is 8.16. The van der Waals surface area contributed by atoms with Crippen molar-refractivity contribution in [1.82, 2.24) is 5.32 Å². The Morgan fingerprint density at radius 1 is 1.18 bits per heavy atom. The molecule has 1 aliphatic heterocycles. The average Bonchev–Trinajstić information content (AvgIpc) is 3.04. The van der Waals surface area contributed by atoms with Gasteiger partial charge >= 0.3 is 6.03 Å². The number of aryl methyl sites for hydroxylation is 1. The smallest absolute Gasteiger partial charge is 0.319 e. The predicted molar refractivity (Wildman–Crippen MR) is 104 cm³/mol. The van der Waals surface area contributed by atoms with Crippen molar-refractivity contribution in [2.75, 3.05) is 31.0 Å². The predicted octanol–water partition coefficient (Wildman–Crippen LogP) is 3.08. The van der Waals surface area contributed by atoms with Crippen molar-refractivity contribution in [1.29, 1.82) is 0 Å². The fourth-order valence-electron chi connectivity index (χ4n) is 3.10. The summed E-state index contributed by atoms with van der Waals surface area (Å²) >= 11 is 0. The van der Waals surface area contributed by atoms with Gasteiger partial charge in [-0.2, -0.15) is 0 Å². The molecule has 2 aromatic rings. The average molecular weight is 387 g/mol. The van der Waals surface area contributed by atoms with Crippen molar-refractivity contribution in [3.63, 3.8) is 0 Å². The van der Waals surface area contributed by atoms with Gasteiger partial charge in [0.15, 0.2) is 0 Å². The lowest BCUT2D eigenvalue weighted by Gasteiger charge is -2.18. The number of nitrogens with zero attached hydrogens (tertiary/aromatic N) is 1. The minimum atomic E-state index is -0.665. The van der Waals surface area contributed by atoms with Crippen molar-refractivity contribution in [3.8, 4) is 11.5 Å². The van der Waals surface area contributed by atoms with Crippen LogP contribution in [0.25, 0.3) is 0 Å². The Bertz CT molecular complexity index is 903. The van der Waals surface area contributed by atoms with Gasteiger partial charge < -0.3 is 25.0 Å². The molecule has 0 bridgehead atoms. The second-order valence-corrected chi connectivity index (χ2v) is 6.43. The Kier molecular flexibility index (Phi) is 5.67. The van der Waals surface area contributed by atoms with Gasteiger partial charge in [-0.1, -0.05) is 0 Å². The fourth-order valence-corrected chi connectivity index (χ4v) is 3.10. The van der Waals surface area contributed by atoms with Crippen molar-refractivity contribution in [2.24, 2.45) is 0 Å². The van der Waals surface area contributed by atoms with E-state index in [1.54, 1.807) is 42.2 Å². The van der Waals surface area contributed by atoms with Crippen molar-refractivity contribution < 1.29 is 23.5 Å². The number of carbonyl (C=O) groups excluding carboxylic acids is 2. The Morgan fingerprint density at radius 2 is 1.96 bits per heavy atom. The van der Waals surface area contributed by atoms with Gasteiger partial charge in [-0.05, 0) is 49.2 Å². The first-order valence-electron chi connectivity index (χ1n) is 8.80. The quantitative estimate of drug-likeness (QED) is 0.826. The number of anilines is 2. The van der Waals surface area contributed by atoms with Crippen molar-refractivity contribution in [3.05, 3.63) is 47.8 Å². The first-order valence-corrected chi connectivity index (χ1v) is 8.80. The molecule has 1 fully saturated rings. The third kappa shape index (κ3) is 4.00. The summed E-state index contributed by atoms with van der Waals surface area (Å²) in [6, 6.07) is 8.34.